The fraction of sp³-hybridized carbons (Fsp3) is 0.200. The average Bonchev–Trinajstić information content (AvgIpc) is 2.93. The molecule has 1 aliphatic heterocycles. The number of hydrogen-bond donors (Lipinski definition) is 2. The second-order valence-corrected chi connectivity index (χ2v) is 7.12. The number of likely N-dealkylation sites (N-methyl/N-ethyl adjacent to an activating group) is 1. The Bertz CT molecular complexity index is 937. The van der Waals surface area contributed by atoms with Crippen LogP contribution < -0.4 is 10.7 Å². The van der Waals surface area contributed by atoms with Crippen molar-refractivity contribution in [3.05, 3.63) is 65.2 Å². The van der Waals surface area contributed by atoms with Crippen LogP contribution >= 0.6 is 23.8 Å². The summed E-state index contributed by atoms with van der Waals surface area (Å²) in [5.41, 5.74) is 3.63. The number of nitrogens with one attached hydrogen (secondary N) is 2. The second kappa shape index (κ2) is 9.02. The second-order valence-electron chi connectivity index (χ2n) is 6.32. The Balaban J connectivity index is 1.75. The summed E-state index contributed by atoms with van der Waals surface area (Å²) in [4.78, 5) is 39.2. The monoisotopic (exact) mass is 430 g/mol. The van der Waals surface area contributed by atoms with Gasteiger partial charge in [0.1, 0.15) is 6.04 Å². The number of thiocarbonyl (C=S) groups is 1. The topological polar surface area (TPSA) is 81.8 Å². The fourth-order valence-electron chi connectivity index (χ4n) is 2.93. The van der Waals surface area contributed by atoms with E-state index in [4.69, 9.17) is 23.8 Å². The van der Waals surface area contributed by atoms with Crippen LogP contribution in [0.2, 0.25) is 5.02 Å². The first kappa shape index (κ1) is 20.8. The fourth-order valence-corrected chi connectivity index (χ4v) is 3.45. The van der Waals surface area contributed by atoms with Gasteiger partial charge in [0.2, 0.25) is 5.91 Å². The van der Waals surface area contributed by atoms with Gasteiger partial charge in [0.25, 0.3) is 11.8 Å². The summed E-state index contributed by atoms with van der Waals surface area (Å²) >= 11 is 11.2. The molecule has 0 bridgehead atoms. The lowest BCUT2D eigenvalue weighted by molar-refractivity contribution is -0.130. The van der Waals surface area contributed by atoms with E-state index in [1.54, 1.807) is 61.5 Å². The highest BCUT2D eigenvalue weighted by Crippen LogP contribution is 2.20. The average molecular weight is 431 g/mol. The number of carbonyl (C=O) groups is 3. The number of hydrazine groups is 1. The summed E-state index contributed by atoms with van der Waals surface area (Å²) in [6, 6.07) is 14.3. The molecule has 7 nitrogen and oxygen atoms in total. The molecule has 3 rings (SSSR count). The normalized spacial score (nSPS) is 16.1. The van der Waals surface area contributed by atoms with E-state index in [0.717, 1.165) is 0 Å². The number of carbonyl (C=O) groups excluding carboxylic acids is 3. The van der Waals surface area contributed by atoms with Crippen molar-refractivity contribution in [1.82, 2.24) is 15.3 Å². The first-order chi connectivity index (χ1) is 13.9. The highest BCUT2D eigenvalue weighted by molar-refractivity contribution is 7.80. The summed E-state index contributed by atoms with van der Waals surface area (Å²) < 4.78 is 0. The van der Waals surface area contributed by atoms with Crippen LogP contribution in [0.1, 0.15) is 23.7 Å². The molecule has 9 heteroatoms. The smallest absolute Gasteiger partial charge is 0.269 e. The van der Waals surface area contributed by atoms with Gasteiger partial charge in [0.15, 0.2) is 5.11 Å². The van der Waals surface area contributed by atoms with Crippen LogP contribution in [0, 0.1) is 0 Å². The minimum Gasteiger partial charge on any atom is -0.326 e. The van der Waals surface area contributed by atoms with Gasteiger partial charge in [-0.1, -0.05) is 29.8 Å². The molecule has 150 valence electrons. The maximum Gasteiger partial charge on any atom is 0.269 e. The third-order valence-corrected chi connectivity index (χ3v) is 5.05. The highest BCUT2D eigenvalue weighted by Gasteiger charge is 2.43. The number of benzene rings is 2. The van der Waals surface area contributed by atoms with E-state index >= 15 is 0 Å². The number of nitrogens with zero attached hydrogens (tertiary/aromatic N) is 2. The summed E-state index contributed by atoms with van der Waals surface area (Å²) in [7, 11) is 0. The molecule has 0 spiro atoms. The van der Waals surface area contributed by atoms with Crippen molar-refractivity contribution in [3.8, 4) is 0 Å². The number of amides is 3. The Morgan fingerprint density at radius 3 is 2.38 bits per heavy atom. The molecule has 0 saturated carbocycles. The zero-order valence-corrected chi connectivity index (χ0v) is 17.2. The van der Waals surface area contributed by atoms with E-state index in [9.17, 15) is 14.4 Å². The zero-order valence-electron chi connectivity index (χ0n) is 15.6. The van der Waals surface area contributed by atoms with E-state index in [-0.39, 0.29) is 23.3 Å². The molecule has 0 aliphatic carbocycles. The minimum absolute atomic E-state index is 0.158. The first-order valence-electron chi connectivity index (χ1n) is 8.96. The van der Waals surface area contributed by atoms with Crippen LogP contribution in [0.15, 0.2) is 54.6 Å². The van der Waals surface area contributed by atoms with Crippen LogP contribution in [0.5, 0.6) is 0 Å². The standard InChI is InChI=1S/C20H19ClN4O3S/c1-2-24-19(28)16(12-17(26)22-15-10-8-14(21)9-11-15)25(20(24)29)23-18(27)13-6-4-3-5-7-13/h3-11,16H,2,12H2,1H3,(H,22,26)(H,23,27). The summed E-state index contributed by atoms with van der Waals surface area (Å²) in [6.45, 7) is 2.11. The lowest BCUT2D eigenvalue weighted by Crippen LogP contribution is -2.49. The zero-order chi connectivity index (χ0) is 21.0. The predicted octanol–water partition coefficient (Wildman–Crippen LogP) is 2.83. The van der Waals surface area contributed by atoms with Gasteiger partial charge in [-0.25, -0.2) is 5.01 Å². The van der Waals surface area contributed by atoms with Crippen molar-refractivity contribution in [2.75, 3.05) is 11.9 Å². The van der Waals surface area contributed by atoms with Gasteiger partial charge < -0.3 is 5.32 Å². The van der Waals surface area contributed by atoms with Crippen molar-refractivity contribution in [3.63, 3.8) is 0 Å². The Morgan fingerprint density at radius 1 is 1.10 bits per heavy atom. The van der Waals surface area contributed by atoms with Gasteiger partial charge >= 0.3 is 0 Å². The number of rotatable bonds is 6. The van der Waals surface area contributed by atoms with Crippen molar-refractivity contribution >= 4 is 52.3 Å². The van der Waals surface area contributed by atoms with E-state index < -0.39 is 11.9 Å². The van der Waals surface area contributed by atoms with Crippen LogP contribution in [0.3, 0.4) is 0 Å². The van der Waals surface area contributed by atoms with E-state index in [2.05, 4.69) is 10.7 Å². The Labute approximate surface area is 178 Å². The molecule has 1 saturated heterocycles. The van der Waals surface area contributed by atoms with Crippen molar-refractivity contribution < 1.29 is 14.4 Å². The molecule has 1 atom stereocenters. The number of anilines is 1. The highest BCUT2D eigenvalue weighted by atomic mass is 35.5. The Kier molecular flexibility index (Phi) is 6.46. The van der Waals surface area contributed by atoms with Crippen molar-refractivity contribution in [2.45, 2.75) is 19.4 Å². The van der Waals surface area contributed by atoms with Gasteiger partial charge in [-0.05, 0) is 55.5 Å². The Morgan fingerprint density at radius 2 is 1.76 bits per heavy atom. The van der Waals surface area contributed by atoms with Crippen LogP contribution in [0.25, 0.3) is 0 Å². The lowest BCUT2D eigenvalue weighted by atomic mass is 10.2. The van der Waals surface area contributed by atoms with E-state index in [1.165, 1.54) is 9.91 Å². The minimum atomic E-state index is -0.928. The Hall–Kier alpha value is -2.97. The van der Waals surface area contributed by atoms with Gasteiger partial charge in [0.05, 0.1) is 6.42 Å². The van der Waals surface area contributed by atoms with Crippen LogP contribution in [0.4, 0.5) is 5.69 Å². The molecular formula is C20H19ClN4O3S. The molecule has 0 aromatic heterocycles. The molecule has 1 heterocycles. The molecule has 1 aliphatic rings. The molecule has 2 aromatic carbocycles. The maximum absolute atomic E-state index is 12.8. The van der Waals surface area contributed by atoms with Crippen molar-refractivity contribution in [1.29, 1.82) is 0 Å². The molecule has 1 unspecified atom stereocenters. The van der Waals surface area contributed by atoms with Gasteiger partial charge in [-0.15, -0.1) is 0 Å². The third kappa shape index (κ3) is 4.72. The van der Waals surface area contributed by atoms with E-state index in [0.29, 0.717) is 22.8 Å². The largest absolute Gasteiger partial charge is 0.326 e. The number of halogens is 1. The summed E-state index contributed by atoms with van der Waals surface area (Å²) in [5, 5.41) is 4.72. The summed E-state index contributed by atoms with van der Waals surface area (Å²) in [5.74, 6) is -1.13. The van der Waals surface area contributed by atoms with Crippen LogP contribution in [-0.4, -0.2) is 45.3 Å². The molecule has 0 radical (unpaired) electrons. The molecule has 1 fully saturated rings. The first-order valence-corrected chi connectivity index (χ1v) is 9.75. The van der Waals surface area contributed by atoms with Gasteiger partial charge in [-0.2, -0.15) is 0 Å². The molecular weight excluding hydrogens is 412 g/mol. The quantitative estimate of drug-likeness (QED) is 0.689. The lowest BCUT2D eigenvalue weighted by Gasteiger charge is -2.24. The molecule has 29 heavy (non-hydrogen) atoms. The SMILES string of the molecule is CCN1C(=O)C(CC(=O)Nc2ccc(Cl)cc2)N(NC(=O)c2ccccc2)C1=S. The predicted molar refractivity (Wildman–Crippen MR) is 114 cm³/mol. The van der Waals surface area contributed by atoms with Crippen LogP contribution in [-0.2, 0) is 9.59 Å². The van der Waals surface area contributed by atoms with Gasteiger partial charge in [0, 0.05) is 22.8 Å². The van der Waals surface area contributed by atoms with Crippen molar-refractivity contribution in [2.24, 2.45) is 0 Å². The third-order valence-electron chi connectivity index (χ3n) is 4.38. The molecule has 2 aromatic rings. The molecule has 3 amide bonds. The molecule has 2 N–H and O–H groups in total. The van der Waals surface area contributed by atoms with E-state index in [1.807, 2.05) is 0 Å². The summed E-state index contributed by atoms with van der Waals surface area (Å²) in [6.07, 6.45) is -0.173. The maximum atomic E-state index is 12.8. The number of hydrogen-bond acceptors (Lipinski definition) is 4. The van der Waals surface area contributed by atoms with Gasteiger partial charge in [-0.3, -0.25) is 24.7 Å².